The highest BCUT2D eigenvalue weighted by Crippen LogP contribution is 2.28. The fourth-order valence-corrected chi connectivity index (χ4v) is 4.15. The van der Waals surface area contributed by atoms with Gasteiger partial charge in [0.25, 0.3) is 5.91 Å². The molecule has 27 heavy (non-hydrogen) atoms. The number of carbonyl (C=O) groups is 1. The van der Waals surface area contributed by atoms with Crippen LogP contribution in [0.2, 0.25) is 0 Å². The second kappa shape index (κ2) is 8.56. The summed E-state index contributed by atoms with van der Waals surface area (Å²) in [4.78, 5) is 22.4. The molecule has 144 valence electrons. The number of likely N-dealkylation sites (tertiary alicyclic amines) is 1. The Morgan fingerprint density at radius 3 is 2.67 bits per heavy atom. The zero-order valence-corrected chi connectivity index (χ0v) is 15.6. The first-order valence-electron chi connectivity index (χ1n) is 9.98. The number of aromatic nitrogens is 5. The lowest BCUT2D eigenvalue weighted by atomic mass is 9.95. The van der Waals surface area contributed by atoms with Crippen LogP contribution in [-0.2, 0) is 6.54 Å². The Balaban J connectivity index is 1.27. The number of hydrogen-bond acceptors (Lipinski definition) is 6. The van der Waals surface area contributed by atoms with Gasteiger partial charge < -0.3 is 14.8 Å². The molecule has 0 atom stereocenters. The molecule has 2 fully saturated rings. The highest BCUT2D eigenvalue weighted by atomic mass is 16.2. The SMILES string of the molecule is O=C(c1cnccn1)N1CCC(NCc2nncn2C2CCCCC2)CC1. The minimum atomic E-state index is -0.0291. The van der Waals surface area contributed by atoms with Crippen molar-refractivity contribution in [1.82, 2.24) is 34.9 Å². The van der Waals surface area contributed by atoms with Gasteiger partial charge in [-0.25, -0.2) is 4.98 Å². The van der Waals surface area contributed by atoms with Crippen molar-refractivity contribution in [3.05, 3.63) is 36.4 Å². The maximum atomic E-state index is 12.5. The van der Waals surface area contributed by atoms with Gasteiger partial charge in [-0.3, -0.25) is 9.78 Å². The van der Waals surface area contributed by atoms with Gasteiger partial charge >= 0.3 is 0 Å². The van der Waals surface area contributed by atoms with Crippen molar-refractivity contribution >= 4 is 5.91 Å². The Hall–Kier alpha value is -2.35. The molecule has 1 saturated heterocycles. The van der Waals surface area contributed by atoms with Crippen LogP contribution >= 0.6 is 0 Å². The van der Waals surface area contributed by atoms with Gasteiger partial charge in [-0.1, -0.05) is 19.3 Å². The van der Waals surface area contributed by atoms with Gasteiger partial charge in [-0.15, -0.1) is 10.2 Å². The van der Waals surface area contributed by atoms with E-state index in [1.54, 1.807) is 12.4 Å². The van der Waals surface area contributed by atoms with Gasteiger partial charge in [0.05, 0.1) is 12.7 Å². The largest absolute Gasteiger partial charge is 0.337 e. The topological polar surface area (TPSA) is 88.8 Å². The summed E-state index contributed by atoms with van der Waals surface area (Å²) in [5.41, 5.74) is 0.421. The van der Waals surface area contributed by atoms with Crippen LogP contribution in [-0.4, -0.2) is 54.7 Å². The van der Waals surface area contributed by atoms with E-state index in [9.17, 15) is 4.79 Å². The molecular formula is C19H27N7O. The van der Waals surface area contributed by atoms with E-state index in [4.69, 9.17) is 0 Å². The molecule has 0 aromatic carbocycles. The minimum absolute atomic E-state index is 0.0291. The molecule has 1 aliphatic carbocycles. The predicted octanol–water partition coefficient (Wildman–Crippen LogP) is 1.97. The van der Waals surface area contributed by atoms with Gasteiger partial charge in [0, 0.05) is 37.6 Å². The lowest BCUT2D eigenvalue weighted by Gasteiger charge is -2.32. The maximum Gasteiger partial charge on any atom is 0.274 e. The van der Waals surface area contributed by atoms with Crippen molar-refractivity contribution in [2.75, 3.05) is 13.1 Å². The van der Waals surface area contributed by atoms with E-state index in [0.29, 0.717) is 17.8 Å². The molecule has 2 aromatic heterocycles. The lowest BCUT2D eigenvalue weighted by Crippen LogP contribution is -2.45. The summed E-state index contributed by atoms with van der Waals surface area (Å²) in [5.74, 6) is 0.999. The summed E-state index contributed by atoms with van der Waals surface area (Å²) in [7, 11) is 0. The first-order valence-corrected chi connectivity index (χ1v) is 9.98. The standard InChI is InChI=1S/C19H27N7O/c27-19(17-12-20-8-9-21-17)25-10-6-15(7-11-25)22-13-18-24-23-14-26(18)16-4-2-1-3-5-16/h8-9,12,14-16,22H,1-7,10-11,13H2. The molecule has 0 bridgehead atoms. The molecule has 8 nitrogen and oxygen atoms in total. The summed E-state index contributed by atoms with van der Waals surface area (Å²) in [6, 6.07) is 0.949. The fraction of sp³-hybridized carbons (Fsp3) is 0.632. The molecule has 3 heterocycles. The van der Waals surface area contributed by atoms with E-state index in [1.807, 2.05) is 11.2 Å². The Morgan fingerprint density at radius 2 is 1.93 bits per heavy atom. The summed E-state index contributed by atoms with van der Waals surface area (Å²) in [6.45, 7) is 2.21. The van der Waals surface area contributed by atoms with E-state index in [-0.39, 0.29) is 5.91 Å². The van der Waals surface area contributed by atoms with Crippen LogP contribution in [0, 0.1) is 0 Å². The second-order valence-corrected chi connectivity index (χ2v) is 7.48. The molecular weight excluding hydrogens is 342 g/mol. The van der Waals surface area contributed by atoms with Crippen LogP contribution in [0.4, 0.5) is 0 Å². The van der Waals surface area contributed by atoms with E-state index in [1.165, 1.54) is 38.3 Å². The number of hydrogen-bond donors (Lipinski definition) is 1. The molecule has 0 spiro atoms. The van der Waals surface area contributed by atoms with Crippen LogP contribution in [0.25, 0.3) is 0 Å². The van der Waals surface area contributed by atoms with Crippen molar-refractivity contribution < 1.29 is 4.79 Å². The van der Waals surface area contributed by atoms with Crippen molar-refractivity contribution in [1.29, 1.82) is 0 Å². The average Bonchev–Trinajstić information content (AvgIpc) is 3.22. The average molecular weight is 369 g/mol. The van der Waals surface area contributed by atoms with Crippen molar-refractivity contribution in [2.45, 2.75) is 63.6 Å². The number of nitrogens with one attached hydrogen (secondary N) is 1. The van der Waals surface area contributed by atoms with Crippen LogP contribution in [0.15, 0.2) is 24.9 Å². The third kappa shape index (κ3) is 4.32. The van der Waals surface area contributed by atoms with Crippen molar-refractivity contribution in [3.63, 3.8) is 0 Å². The van der Waals surface area contributed by atoms with Crippen molar-refractivity contribution in [3.8, 4) is 0 Å². The molecule has 4 rings (SSSR count). The second-order valence-electron chi connectivity index (χ2n) is 7.48. The Morgan fingerprint density at radius 1 is 1.11 bits per heavy atom. The van der Waals surface area contributed by atoms with E-state index < -0.39 is 0 Å². The quantitative estimate of drug-likeness (QED) is 0.867. The highest BCUT2D eigenvalue weighted by Gasteiger charge is 2.25. The third-order valence-corrected chi connectivity index (χ3v) is 5.73. The number of carbonyl (C=O) groups excluding carboxylic acids is 1. The molecule has 0 radical (unpaired) electrons. The lowest BCUT2D eigenvalue weighted by molar-refractivity contribution is 0.0698. The van der Waals surface area contributed by atoms with E-state index >= 15 is 0 Å². The van der Waals surface area contributed by atoms with Crippen LogP contribution < -0.4 is 5.32 Å². The number of nitrogens with zero attached hydrogens (tertiary/aromatic N) is 6. The van der Waals surface area contributed by atoms with Crippen LogP contribution in [0.1, 0.15) is 67.3 Å². The molecule has 1 aliphatic heterocycles. The van der Waals surface area contributed by atoms with Crippen LogP contribution in [0.3, 0.4) is 0 Å². The zero-order valence-electron chi connectivity index (χ0n) is 15.6. The van der Waals surface area contributed by atoms with Gasteiger partial charge in [0.2, 0.25) is 0 Å². The predicted molar refractivity (Wildman–Crippen MR) is 99.9 cm³/mol. The molecule has 1 amide bonds. The molecule has 2 aromatic rings. The Labute approximate surface area is 159 Å². The molecule has 0 unspecified atom stereocenters. The fourth-order valence-electron chi connectivity index (χ4n) is 4.15. The van der Waals surface area contributed by atoms with E-state index in [2.05, 4.69) is 30.0 Å². The third-order valence-electron chi connectivity index (χ3n) is 5.73. The van der Waals surface area contributed by atoms with Crippen molar-refractivity contribution in [2.24, 2.45) is 0 Å². The molecule has 1 saturated carbocycles. The summed E-state index contributed by atoms with van der Waals surface area (Å²) in [5, 5.41) is 12.1. The van der Waals surface area contributed by atoms with E-state index in [0.717, 1.165) is 38.3 Å². The van der Waals surface area contributed by atoms with Gasteiger partial charge in [0.1, 0.15) is 17.8 Å². The number of amides is 1. The first-order chi connectivity index (χ1) is 13.3. The highest BCUT2D eigenvalue weighted by molar-refractivity contribution is 5.92. The Bertz CT molecular complexity index is 734. The number of piperidine rings is 1. The van der Waals surface area contributed by atoms with Gasteiger partial charge in [0.15, 0.2) is 0 Å². The zero-order chi connectivity index (χ0) is 18.5. The first kappa shape index (κ1) is 18.0. The summed E-state index contributed by atoms with van der Waals surface area (Å²) in [6.07, 6.45) is 14.8. The van der Waals surface area contributed by atoms with Crippen LogP contribution in [0.5, 0.6) is 0 Å². The minimum Gasteiger partial charge on any atom is -0.337 e. The summed E-state index contributed by atoms with van der Waals surface area (Å²) >= 11 is 0. The number of rotatable bonds is 5. The maximum absolute atomic E-state index is 12.5. The van der Waals surface area contributed by atoms with Gasteiger partial charge in [-0.05, 0) is 25.7 Å². The molecule has 1 N–H and O–H groups in total. The monoisotopic (exact) mass is 369 g/mol. The molecule has 8 heteroatoms. The van der Waals surface area contributed by atoms with Gasteiger partial charge in [-0.2, -0.15) is 0 Å². The Kier molecular flexibility index (Phi) is 5.72. The normalized spacial score (nSPS) is 19.3. The summed E-state index contributed by atoms with van der Waals surface area (Å²) < 4.78 is 2.26. The smallest absolute Gasteiger partial charge is 0.274 e. The molecule has 2 aliphatic rings.